The van der Waals surface area contributed by atoms with E-state index >= 15 is 0 Å². The highest BCUT2D eigenvalue weighted by molar-refractivity contribution is 5.26. The van der Waals surface area contributed by atoms with Crippen LogP contribution in [0.25, 0.3) is 0 Å². The Bertz CT molecular complexity index is 439. The van der Waals surface area contributed by atoms with Gasteiger partial charge in [-0.25, -0.2) is 9.97 Å². The molecule has 1 aliphatic carbocycles. The van der Waals surface area contributed by atoms with Crippen LogP contribution in [0.1, 0.15) is 75.1 Å². The van der Waals surface area contributed by atoms with Crippen molar-refractivity contribution in [3.05, 3.63) is 22.8 Å². The van der Waals surface area contributed by atoms with E-state index < -0.39 is 0 Å². The van der Waals surface area contributed by atoms with Crippen molar-refractivity contribution in [3.8, 4) is 0 Å². The third-order valence-corrected chi connectivity index (χ3v) is 4.59. The molecule has 3 heteroatoms. The first-order valence-electron chi connectivity index (χ1n) is 8.54. The first-order valence-corrected chi connectivity index (χ1v) is 8.54. The average Bonchev–Trinajstić information content (AvgIpc) is 2.94. The zero-order valence-electron chi connectivity index (χ0n) is 14.4. The third-order valence-electron chi connectivity index (χ3n) is 4.59. The number of aromatic nitrogens is 2. The van der Waals surface area contributed by atoms with Gasteiger partial charge in [0.1, 0.15) is 5.82 Å². The lowest BCUT2D eigenvalue weighted by Crippen LogP contribution is -2.29. The molecule has 1 aliphatic rings. The molecule has 0 aromatic carbocycles. The van der Waals surface area contributed by atoms with Crippen LogP contribution in [0.4, 0.5) is 0 Å². The van der Waals surface area contributed by atoms with Gasteiger partial charge < -0.3 is 5.32 Å². The minimum Gasteiger partial charge on any atom is -0.314 e. The summed E-state index contributed by atoms with van der Waals surface area (Å²) in [5.74, 6) is 2.32. The predicted molar refractivity (Wildman–Crippen MR) is 88.7 cm³/mol. The molecular formula is C18H31N3. The number of nitrogens with zero attached hydrogens (tertiary/aromatic N) is 2. The maximum absolute atomic E-state index is 4.83. The van der Waals surface area contributed by atoms with Crippen LogP contribution in [-0.4, -0.2) is 22.6 Å². The second-order valence-electron chi connectivity index (χ2n) is 7.08. The smallest absolute Gasteiger partial charge is 0.131 e. The third kappa shape index (κ3) is 4.50. The summed E-state index contributed by atoms with van der Waals surface area (Å²) in [7, 11) is 0. The fourth-order valence-electron chi connectivity index (χ4n) is 3.28. The Labute approximate surface area is 130 Å². The molecule has 1 aromatic rings. The Morgan fingerprint density at radius 3 is 2.14 bits per heavy atom. The monoisotopic (exact) mass is 289 g/mol. The first-order chi connectivity index (χ1) is 9.97. The summed E-state index contributed by atoms with van der Waals surface area (Å²) in [5, 5.41) is 3.52. The second-order valence-corrected chi connectivity index (χ2v) is 7.08. The molecule has 0 bridgehead atoms. The summed E-state index contributed by atoms with van der Waals surface area (Å²) in [6.07, 6.45) is 6.29. The highest BCUT2D eigenvalue weighted by Crippen LogP contribution is 2.32. The van der Waals surface area contributed by atoms with Crippen LogP contribution in [0.3, 0.4) is 0 Å². The van der Waals surface area contributed by atoms with Crippen molar-refractivity contribution in [3.63, 3.8) is 0 Å². The molecule has 0 aliphatic heterocycles. The molecule has 1 heterocycles. The molecule has 1 unspecified atom stereocenters. The topological polar surface area (TPSA) is 37.8 Å². The lowest BCUT2D eigenvalue weighted by Gasteiger charge is -2.18. The Morgan fingerprint density at radius 1 is 1.05 bits per heavy atom. The molecule has 1 atom stereocenters. The van der Waals surface area contributed by atoms with Crippen molar-refractivity contribution >= 4 is 0 Å². The summed E-state index contributed by atoms with van der Waals surface area (Å²) >= 11 is 0. The van der Waals surface area contributed by atoms with E-state index in [0.717, 1.165) is 18.8 Å². The van der Waals surface area contributed by atoms with Crippen LogP contribution < -0.4 is 5.32 Å². The number of rotatable bonds is 6. The molecule has 2 rings (SSSR count). The van der Waals surface area contributed by atoms with Crippen molar-refractivity contribution in [1.82, 2.24) is 15.3 Å². The standard InChI is InChI=1S/C18H31N3/c1-12(2)19-11-13(3)10-17-14(4)20-18(21-15(17)5)16-8-6-7-9-16/h12-13,16,19H,6-11H2,1-5H3. The van der Waals surface area contributed by atoms with Gasteiger partial charge in [-0.15, -0.1) is 0 Å². The van der Waals surface area contributed by atoms with Crippen LogP contribution in [-0.2, 0) is 6.42 Å². The van der Waals surface area contributed by atoms with Crippen molar-refractivity contribution in [2.45, 2.75) is 78.7 Å². The Kier molecular flexibility index (Phi) is 5.74. The fraction of sp³-hybridized carbons (Fsp3) is 0.778. The molecule has 21 heavy (non-hydrogen) atoms. The second kappa shape index (κ2) is 7.35. The molecule has 3 nitrogen and oxygen atoms in total. The molecule has 0 amide bonds. The van der Waals surface area contributed by atoms with Gasteiger partial charge in [-0.05, 0) is 51.1 Å². The van der Waals surface area contributed by atoms with Crippen LogP contribution in [0.5, 0.6) is 0 Å². The molecule has 1 saturated carbocycles. The van der Waals surface area contributed by atoms with Gasteiger partial charge in [0.25, 0.3) is 0 Å². The zero-order chi connectivity index (χ0) is 15.4. The van der Waals surface area contributed by atoms with Crippen LogP contribution >= 0.6 is 0 Å². The molecule has 0 radical (unpaired) electrons. The maximum Gasteiger partial charge on any atom is 0.131 e. The molecule has 1 fully saturated rings. The van der Waals surface area contributed by atoms with E-state index in [2.05, 4.69) is 39.9 Å². The van der Waals surface area contributed by atoms with E-state index in [1.54, 1.807) is 0 Å². The van der Waals surface area contributed by atoms with Gasteiger partial charge in [0.15, 0.2) is 0 Å². The van der Waals surface area contributed by atoms with E-state index in [9.17, 15) is 0 Å². The lowest BCUT2D eigenvalue weighted by molar-refractivity contribution is 0.473. The van der Waals surface area contributed by atoms with Crippen molar-refractivity contribution in [1.29, 1.82) is 0 Å². The van der Waals surface area contributed by atoms with Gasteiger partial charge in [0.05, 0.1) is 0 Å². The van der Waals surface area contributed by atoms with Crippen LogP contribution in [0.2, 0.25) is 0 Å². The van der Waals surface area contributed by atoms with Crippen molar-refractivity contribution in [2.75, 3.05) is 6.54 Å². The van der Waals surface area contributed by atoms with E-state index in [-0.39, 0.29) is 0 Å². The molecule has 0 saturated heterocycles. The minimum atomic E-state index is 0.552. The predicted octanol–water partition coefficient (Wildman–Crippen LogP) is 3.93. The number of aryl methyl sites for hydroxylation is 2. The van der Waals surface area contributed by atoms with Gasteiger partial charge >= 0.3 is 0 Å². The van der Waals surface area contributed by atoms with E-state index in [4.69, 9.17) is 9.97 Å². The molecule has 1 aromatic heterocycles. The summed E-state index contributed by atoms with van der Waals surface area (Å²) in [6.45, 7) is 12.1. The molecular weight excluding hydrogens is 258 g/mol. The minimum absolute atomic E-state index is 0.552. The highest BCUT2D eigenvalue weighted by atomic mass is 14.9. The van der Waals surface area contributed by atoms with Gasteiger partial charge in [-0.2, -0.15) is 0 Å². The van der Waals surface area contributed by atoms with Gasteiger partial charge in [0, 0.05) is 23.3 Å². The molecule has 118 valence electrons. The zero-order valence-corrected chi connectivity index (χ0v) is 14.4. The van der Waals surface area contributed by atoms with E-state index in [0.29, 0.717) is 17.9 Å². The Balaban J connectivity index is 2.06. The summed E-state index contributed by atoms with van der Waals surface area (Å²) < 4.78 is 0. The van der Waals surface area contributed by atoms with Crippen LogP contribution in [0, 0.1) is 19.8 Å². The SMILES string of the molecule is Cc1nc(C2CCCC2)nc(C)c1CC(C)CNC(C)C. The fourth-order valence-corrected chi connectivity index (χ4v) is 3.28. The number of nitrogens with one attached hydrogen (secondary N) is 1. The van der Waals surface area contributed by atoms with Gasteiger partial charge in [-0.1, -0.05) is 33.6 Å². The lowest BCUT2D eigenvalue weighted by atomic mass is 9.97. The normalized spacial score (nSPS) is 17.6. The maximum atomic E-state index is 4.83. The summed E-state index contributed by atoms with van der Waals surface area (Å²) in [5.41, 5.74) is 3.75. The molecule has 1 N–H and O–H groups in total. The van der Waals surface area contributed by atoms with Crippen molar-refractivity contribution < 1.29 is 0 Å². The summed E-state index contributed by atoms with van der Waals surface area (Å²) in [4.78, 5) is 9.67. The van der Waals surface area contributed by atoms with Gasteiger partial charge in [-0.3, -0.25) is 0 Å². The summed E-state index contributed by atoms with van der Waals surface area (Å²) in [6, 6.07) is 0.552. The quantitative estimate of drug-likeness (QED) is 0.862. The average molecular weight is 289 g/mol. The van der Waals surface area contributed by atoms with E-state index in [1.807, 2.05) is 0 Å². The van der Waals surface area contributed by atoms with E-state index in [1.165, 1.54) is 42.6 Å². The first kappa shape index (κ1) is 16.4. The Morgan fingerprint density at radius 2 is 1.62 bits per heavy atom. The molecule has 0 spiro atoms. The Hall–Kier alpha value is -0.960. The van der Waals surface area contributed by atoms with Gasteiger partial charge in [0.2, 0.25) is 0 Å². The number of hydrogen-bond acceptors (Lipinski definition) is 3. The van der Waals surface area contributed by atoms with Crippen LogP contribution in [0.15, 0.2) is 0 Å². The highest BCUT2D eigenvalue weighted by Gasteiger charge is 2.21. The van der Waals surface area contributed by atoms with Crippen molar-refractivity contribution in [2.24, 2.45) is 5.92 Å². The number of hydrogen-bond donors (Lipinski definition) is 1. The largest absolute Gasteiger partial charge is 0.314 e.